The van der Waals surface area contributed by atoms with Crippen molar-refractivity contribution < 1.29 is 0 Å². The molecule has 0 saturated heterocycles. The van der Waals surface area contributed by atoms with Crippen LogP contribution in [-0.2, 0) is 0 Å². The summed E-state index contributed by atoms with van der Waals surface area (Å²) in [6.07, 6.45) is 6.20. The van der Waals surface area contributed by atoms with Crippen molar-refractivity contribution in [1.29, 1.82) is 0 Å². The van der Waals surface area contributed by atoms with Gasteiger partial charge >= 0.3 is 0 Å². The van der Waals surface area contributed by atoms with E-state index in [1.807, 2.05) is 12.4 Å². The third kappa shape index (κ3) is 3.13. The van der Waals surface area contributed by atoms with Crippen LogP contribution in [0.4, 0.5) is 0 Å². The number of pyridine rings is 1. The van der Waals surface area contributed by atoms with E-state index < -0.39 is 0 Å². The van der Waals surface area contributed by atoms with Crippen molar-refractivity contribution in [3.05, 3.63) is 42.2 Å². The lowest BCUT2D eigenvalue weighted by molar-refractivity contribution is 0.379. The van der Waals surface area contributed by atoms with Crippen molar-refractivity contribution in [2.75, 3.05) is 6.54 Å². The van der Waals surface area contributed by atoms with E-state index in [0.717, 1.165) is 13.0 Å². The van der Waals surface area contributed by atoms with Gasteiger partial charge in [0.05, 0.1) is 0 Å². The molecule has 19 heavy (non-hydrogen) atoms. The highest BCUT2D eigenvalue weighted by molar-refractivity contribution is 5.85. The summed E-state index contributed by atoms with van der Waals surface area (Å²) in [5.41, 5.74) is 1.38. The summed E-state index contributed by atoms with van der Waals surface area (Å²) < 4.78 is 0. The maximum Gasteiger partial charge on any atom is 0.0352 e. The standard InChI is InChI=1S/C17H24N2/c1-4-10-19-17(13(3)5-2)15-8-6-7-14-9-11-18-12-16(14)15/h6-9,11-13,17,19H,4-5,10H2,1-3H3. The topological polar surface area (TPSA) is 24.9 Å². The molecule has 2 atom stereocenters. The minimum Gasteiger partial charge on any atom is -0.310 e. The van der Waals surface area contributed by atoms with Crippen molar-refractivity contribution >= 4 is 10.8 Å². The molecule has 0 amide bonds. The molecule has 2 heteroatoms. The number of fused-ring (bicyclic) bond motifs is 1. The fourth-order valence-electron chi connectivity index (χ4n) is 2.56. The minimum atomic E-state index is 0.415. The molecule has 0 aliphatic carbocycles. The lowest BCUT2D eigenvalue weighted by Crippen LogP contribution is -2.27. The number of hydrogen-bond acceptors (Lipinski definition) is 2. The Morgan fingerprint density at radius 2 is 2.05 bits per heavy atom. The van der Waals surface area contributed by atoms with E-state index >= 15 is 0 Å². The third-order valence-electron chi connectivity index (χ3n) is 3.88. The van der Waals surface area contributed by atoms with Gasteiger partial charge < -0.3 is 5.32 Å². The van der Waals surface area contributed by atoms with E-state index in [4.69, 9.17) is 0 Å². The number of benzene rings is 1. The second-order valence-corrected chi connectivity index (χ2v) is 5.26. The van der Waals surface area contributed by atoms with Gasteiger partial charge in [0.2, 0.25) is 0 Å². The van der Waals surface area contributed by atoms with E-state index in [0.29, 0.717) is 12.0 Å². The smallest absolute Gasteiger partial charge is 0.0352 e. The van der Waals surface area contributed by atoms with Gasteiger partial charge in [-0.15, -0.1) is 0 Å². The molecule has 2 nitrogen and oxygen atoms in total. The van der Waals surface area contributed by atoms with E-state index in [9.17, 15) is 0 Å². The van der Waals surface area contributed by atoms with E-state index in [2.05, 4.69) is 55.3 Å². The molecule has 0 radical (unpaired) electrons. The number of nitrogens with zero attached hydrogens (tertiary/aromatic N) is 1. The highest BCUT2D eigenvalue weighted by Crippen LogP contribution is 2.30. The van der Waals surface area contributed by atoms with E-state index in [1.54, 1.807) is 0 Å². The predicted molar refractivity (Wildman–Crippen MR) is 82.2 cm³/mol. The van der Waals surface area contributed by atoms with E-state index in [1.165, 1.54) is 22.8 Å². The van der Waals surface area contributed by atoms with Gasteiger partial charge in [-0.05, 0) is 35.9 Å². The van der Waals surface area contributed by atoms with Crippen LogP contribution in [0.3, 0.4) is 0 Å². The average Bonchev–Trinajstić information content (AvgIpc) is 2.47. The molecule has 2 rings (SSSR count). The summed E-state index contributed by atoms with van der Waals surface area (Å²) >= 11 is 0. The molecule has 2 aromatic rings. The molecule has 0 bridgehead atoms. The molecule has 0 fully saturated rings. The number of hydrogen-bond donors (Lipinski definition) is 1. The molecule has 0 aliphatic rings. The molecule has 0 saturated carbocycles. The first-order chi connectivity index (χ1) is 9.27. The van der Waals surface area contributed by atoms with Crippen LogP contribution in [0.25, 0.3) is 10.8 Å². The lowest BCUT2D eigenvalue weighted by atomic mass is 9.89. The Bertz CT molecular complexity index is 516. The summed E-state index contributed by atoms with van der Waals surface area (Å²) in [5, 5.41) is 6.25. The summed E-state index contributed by atoms with van der Waals surface area (Å²) in [6.45, 7) is 7.86. The Morgan fingerprint density at radius 3 is 2.79 bits per heavy atom. The van der Waals surface area contributed by atoms with Crippen LogP contribution in [0.2, 0.25) is 0 Å². The van der Waals surface area contributed by atoms with Crippen molar-refractivity contribution in [3.63, 3.8) is 0 Å². The van der Waals surface area contributed by atoms with Gasteiger partial charge in [-0.1, -0.05) is 45.4 Å². The van der Waals surface area contributed by atoms with Crippen LogP contribution in [0.15, 0.2) is 36.7 Å². The minimum absolute atomic E-state index is 0.415. The van der Waals surface area contributed by atoms with Crippen LogP contribution in [-0.4, -0.2) is 11.5 Å². The van der Waals surface area contributed by atoms with Gasteiger partial charge in [0.15, 0.2) is 0 Å². The van der Waals surface area contributed by atoms with Crippen molar-refractivity contribution in [1.82, 2.24) is 10.3 Å². The monoisotopic (exact) mass is 256 g/mol. The molecular weight excluding hydrogens is 232 g/mol. The summed E-state index contributed by atoms with van der Waals surface area (Å²) in [7, 11) is 0. The molecule has 1 aromatic carbocycles. The van der Waals surface area contributed by atoms with Crippen molar-refractivity contribution in [2.45, 2.75) is 39.7 Å². The number of nitrogens with one attached hydrogen (secondary N) is 1. The summed E-state index contributed by atoms with van der Waals surface area (Å²) in [4.78, 5) is 4.29. The fourth-order valence-corrected chi connectivity index (χ4v) is 2.56. The normalized spacial score (nSPS) is 14.5. The Kier molecular flexibility index (Phi) is 4.92. The average molecular weight is 256 g/mol. The van der Waals surface area contributed by atoms with Crippen LogP contribution in [0.1, 0.15) is 45.2 Å². The Balaban J connectivity index is 2.43. The molecule has 102 valence electrons. The molecule has 0 spiro atoms. The Morgan fingerprint density at radius 1 is 1.21 bits per heavy atom. The first-order valence-electron chi connectivity index (χ1n) is 7.34. The number of aromatic nitrogens is 1. The molecule has 1 N–H and O–H groups in total. The third-order valence-corrected chi connectivity index (χ3v) is 3.88. The van der Waals surface area contributed by atoms with Gasteiger partial charge in [-0.25, -0.2) is 0 Å². The zero-order valence-electron chi connectivity index (χ0n) is 12.2. The van der Waals surface area contributed by atoms with Crippen LogP contribution in [0.5, 0.6) is 0 Å². The van der Waals surface area contributed by atoms with Crippen LogP contribution in [0, 0.1) is 5.92 Å². The van der Waals surface area contributed by atoms with Gasteiger partial charge in [-0.3, -0.25) is 4.98 Å². The molecule has 0 aliphatic heterocycles. The SMILES string of the molecule is CCCNC(c1cccc2ccncc12)C(C)CC. The van der Waals surface area contributed by atoms with Crippen molar-refractivity contribution in [2.24, 2.45) is 5.92 Å². The van der Waals surface area contributed by atoms with Gasteiger partial charge in [0.25, 0.3) is 0 Å². The number of rotatable bonds is 6. The summed E-state index contributed by atoms with van der Waals surface area (Å²) in [5.74, 6) is 0.623. The second kappa shape index (κ2) is 6.67. The molecule has 1 aromatic heterocycles. The molecule has 2 unspecified atom stereocenters. The van der Waals surface area contributed by atoms with Crippen LogP contribution >= 0.6 is 0 Å². The van der Waals surface area contributed by atoms with Gasteiger partial charge in [0, 0.05) is 23.8 Å². The largest absolute Gasteiger partial charge is 0.310 e. The molecular formula is C17H24N2. The quantitative estimate of drug-likeness (QED) is 0.832. The van der Waals surface area contributed by atoms with E-state index in [-0.39, 0.29) is 0 Å². The maximum atomic E-state index is 4.29. The Labute approximate surface area is 116 Å². The first-order valence-corrected chi connectivity index (χ1v) is 7.34. The zero-order valence-corrected chi connectivity index (χ0v) is 12.2. The first kappa shape index (κ1) is 14.0. The zero-order chi connectivity index (χ0) is 13.7. The highest BCUT2D eigenvalue weighted by Gasteiger charge is 2.19. The van der Waals surface area contributed by atoms with Gasteiger partial charge in [-0.2, -0.15) is 0 Å². The maximum absolute atomic E-state index is 4.29. The highest BCUT2D eigenvalue weighted by atomic mass is 14.9. The predicted octanol–water partition coefficient (Wildman–Crippen LogP) is 4.32. The van der Waals surface area contributed by atoms with Gasteiger partial charge in [0.1, 0.15) is 0 Å². The van der Waals surface area contributed by atoms with Crippen LogP contribution < -0.4 is 5.32 Å². The van der Waals surface area contributed by atoms with Crippen molar-refractivity contribution in [3.8, 4) is 0 Å². The Hall–Kier alpha value is -1.41. The fraction of sp³-hybridized carbons (Fsp3) is 0.471. The second-order valence-electron chi connectivity index (χ2n) is 5.26. The summed E-state index contributed by atoms with van der Waals surface area (Å²) in [6, 6.07) is 9.06. The lowest BCUT2D eigenvalue weighted by Gasteiger charge is -2.26. The molecule has 1 heterocycles.